The quantitative estimate of drug-likeness (QED) is 0.255. The van der Waals surface area contributed by atoms with Crippen LogP contribution in [0.3, 0.4) is 0 Å². The molecule has 5 rings (SSSR count). The van der Waals surface area contributed by atoms with Crippen molar-refractivity contribution in [2.45, 2.75) is 19.4 Å². The van der Waals surface area contributed by atoms with Gasteiger partial charge < -0.3 is 10.1 Å². The molecule has 0 aliphatic carbocycles. The summed E-state index contributed by atoms with van der Waals surface area (Å²) in [4.78, 5) is 41.2. The molecule has 0 unspecified atom stereocenters. The van der Waals surface area contributed by atoms with E-state index in [4.69, 9.17) is 28.6 Å². The number of hydrogen-bond donors (Lipinski definition) is 2. The number of nitrogens with one attached hydrogen (secondary N) is 2. The lowest BCUT2D eigenvalue weighted by molar-refractivity contribution is -0.127. The molecule has 8 nitrogen and oxygen atoms in total. The van der Waals surface area contributed by atoms with Crippen LogP contribution in [0.2, 0.25) is 5.02 Å². The Morgan fingerprint density at radius 2 is 1.54 bits per heavy atom. The Kier molecular flexibility index (Phi) is 8.28. The maximum atomic E-state index is 13.5. The number of anilines is 2. The van der Waals surface area contributed by atoms with Gasteiger partial charge in [0.2, 0.25) is 16.9 Å². The van der Waals surface area contributed by atoms with E-state index >= 15 is 0 Å². The molecular weight excluding hydrogens is 560 g/mol. The van der Waals surface area contributed by atoms with E-state index in [1.807, 2.05) is 37.3 Å². The third-order valence-electron chi connectivity index (χ3n) is 6.40. The highest BCUT2D eigenvalue weighted by Gasteiger charge is 2.42. The van der Waals surface area contributed by atoms with Gasteiger partial charge in [-0.2, -0.15) is 0 Å². The van der Waals surface area contributed by atoms with Crippen molar-refractivity contribution in [2.24, 2.45) is 0 Å². The maximum Gasteiger partial charge on any atom is 0.269 e. The smallest absolute Gasteiger partial charge is 0.269 e. The van der Waals surface area contributed by atoms with Crippen LogP contribution in [-0.4, -0.2) is 33.9 Å². The fraction of sp³-hybridized carbons (Fsp3) is 0.0968. The largest absolute Gasteiger partial charge is 0.457 e. The highest BCUT2D eigenvalue weighted by molar-refractivity contribution is 7.80. The lowest BCUT2D eigenvalue weighted by atomic mass is 10.1. The van der Waals surface area contributed by atoms with Gasteiger partial charge in [0.25, 0.3) is 5.91 Å². The highest BCUT2D eigenvalue weighted by atomic mass is 35.5. The summed E-state index contributed by atoms with van der Waals surface area (Å²) < 4.78 is 5.81. The molecule has 1 aliphatic heterocycles. The third-order valence-corrected chi connectivity index (χ3v) is 7.19. The molecule has 206 valence electrons. The minimum atomic E-state index is -1.11. The van der Waals surface area contributed by atoms with E-state index < -0.39 is 23.8 Å². The number of hydrazine groups is 1. The van der Waals surface area contributed by atoms with Crippen LogP contribution in [0.15, 0.2) is 103 Å². The summed E-state index contributed by atoms with van der Waals surface area (Å²) in [5.41, 5.74) is 4.84. The first-order valence-electron chi connectivity index (χ1n) is 12.7. The van der Waals surface area contributed by atoms with Gasteiger partial charge in [0.1, 0.15) is 17.5 Å². The second-order valence-corrected chi connectivity index (χ2v) is 10.0. The molecule has 41 heavy (non-hydrogen) atoms. The van der Waals surface area contributed by atoms with Gasteiger partial charge in [-0.3, -0.25) is 24.7 Å². The molecule has 1 atom stereocenters. The maximum absolute atomic E-state index is 13.5. The number of ether oxygens (including phenoxy) is 1. The summed E-state index contributed by atoms with van der Waals surface area (Å²) in [6.45, 7) is 1.84. The number of carbonyl (C=O) groups is 3. The van der Waals surface area contributed by atoms with Crippen molar-refractivity contribution in [3.8, 4) is 11.5 Å². The molecule has 1 fully saturated rings. The molecule has 4 aromatic rings. The molecule has 2 N–H and O–H groups in total. The number of thiocarbonyl (C=S) groups is 1. The Labute approximate surface area is 247 Å². The molecule has 1 aliphatic rings. The Bertz CT molecular complexity index is 1600. The molecule has 3 amide bonds. The first kappa shape index (κ1) is 27.8. The minimum absolute atomic E-state index is 0.0581. The van der Waals surface area contributed by atoms with Crippen LogP contribution in [0.25, 0.3) is 0 Å². The van der Waals surface area contributed by atoms with Crippen LogP contribution >= 0.6 is 23.8 Å². The summed E-state index contributed by atoms with van der Waals surface area (Å²) >= 11 is 12.0. The van der Waals surface area contributed by atoms with E-state index in [1.165, 1.54) is 9.91 Å². The van der Waals surface area contributed by atoms with Crippen molar-refractivity contribution in [3.05, 3.63) is 119 Å². The van der Waals surface area contributed by atoms with Gasteiger partial charge in [0.15, 0.2) is 0 Å². The van der Waals surface area contributed by atoms with Crippen molar-refractivity contribution in [1.82, 2.24) is 10.4 Å². The Balaban J connectivity index is 1.38. The van der Waals surface area contributed by atoms with E-state index in [9.17, 15) is 14.4 Å². The average Bonchev–Trinajstić information content (AvgIpc) is 2.98. The standard InChI is InChI=1S/C31H25ClN4O4S/c1-20-12-15-23(18-26(20)32)35-28(37)19-27(36(31(35)41)34-29(38)21-8-4-2-5-9-21)30(39)33-22-13-16-25(17-14-22)40-24-10-6-3-7-11-24/h2-18,27H,19H2,1H3,(H,33,39)(H,34,38)/t27-/m0/s1. The highest BCUT2D eigenvalue weighted by Crippen LogP contribution is 2.29. The molecule has 0 spiro atoms. The normalized spacial score (nSPS) is 14.9. The van der Waals surface area contributed by atoms with Gasteiger partial charge in [-0.1, -0.05) is 54.1 Å². The van der Waals surface area contributed by atoms with Crippen LogP contribution in [0.4, 0.5) is 11.4 Å². The molecule has 1 heterocycles. The minimum Gasteiger partial charge on any atom is -0.457 e. The second-order valence-electron chi connectivity index (χ2n) is 9.27. The number of amides is 3. The average molecular weight is 585 g/mol. The van der Waals surface area contributed by atoms with E-state index in [0.29, 0.717) is 33.5 Å². The van der Waals surface area contributed by atoms with Gasteiger partial charge in [-0.15, -0.1) is 0 Å². The molecular formula is C31H25ClN4O4S. The number of nitrogens with zero attached hydrogens (tertiary/aromatic N) is 2. The van der Waals surface area contributed by atoms with Gasteiger partial charge >= 0.3 is 0 Å². The van der Waals surface area contributed by atoms with Crippen LogP contribution in [0.1, 0.15) is 22.3 Å². The van der Waals surface area contributed by atoms with E-state index in [2.05, 4.69) is 10.7 Å². The van der Waals surface area contributed by atoms with Crippen LogP contribution in [0, 0.1) is 6.92 Å². The Morgan fingerprint density at radius 3 is 2.20 bits per heavy atom. The molecule has 0 aromatic heterocycles. The van der Waals surface area contributed by atoms with Gasteiger partial charge in [-0.05, 0) is 85.4 Å². The number of benzene rings is 4. The third kappa shape index (κ3) is 6.37. The second kappa shape index (κ2) is 12.2. The van der Waals surface area contributed by atoms with Gasteiger partial charge in [0.05, 0.1) is 12.1 Å². The fourth-order valence-corrected chi connectivity index (χ4v) is 4.78. The molecule has 0 bridgehead atoms. The van der Waals surface area contributed by atoms with Crippen molar-refractivity contribution in [3.63, 3.8) is 0 Å². The predicted octanol–water partition coefficient (Wildman–Crippen LogP) is 6.12. The zero-order valence-electron chi connectivity index (χ0n) is 21.9. The molecule has 4 aromatic carbocycles. The number of rotatable bonds is 7. The monoisotopic (exact) mass is 584 g/mol. The summed E-state index contributed by atoms with van der Waals surface area (Å²) in [6, 6.07) is 28.6. The molecule has 1 saturated heterocycles. The van der Waals surface area contributed by atoms with E-state index in [1.54, 1.807) is 72.8 Å². The first-order valence-corrected chi connectivity index (χ1v) is 13.5. The van der Waals surface area contributed by atoms with Gasteiger partial charge in [-0.25, -0.2) is 5.01 Å². The molecule has 0 saturated carbocycles. The predicted molar refractivity (Wildman–Crippen MR) is 162 cm³/mol. The van der Waals surface area contributed by atoms with Crippen LogP contribution < -0.4 is 20.4 Å². The lowest BCUT2D eigenvalue weighted by Crippen LogP contribution is -2.65. The summed E-state index contributed by atoms with van der Waals surface area (Å²) in [5, 5.41) is 4.47. The summed E-state index contributed by atoms with van der Waals surface area (Å²) in [5.74, 6) is -0.140. The van der Waals surface area contributed by atoms with Crippen LogP contribution in [-0.2, 0) is 9.59 Å². The topological polar surface area (TPSA) is 91.0 Å². The SMILES string of the molecule is Cc1ccc(N2C(=O)C[C@@H](C(=O)Nc3ccc(Oc4ccccc4)cc3)N(NC(=O)c3ccccc3)C2=S)cc1Cl. The van der Waals surface area contributed by atoms with E-state index in [0.717, 1.165) is 5.56 Å². The summed E-state index contributed by atoms with van der Waals surface area (Å²) in [7, 11) is 0. The number of para-hydroxylation sites is 1. The van der Waals surface area contributed by atoms with Crippen molar-refractivity contribution < 1.29 is 19.1 Å². The number of carbonyl (C=O) groups excluding carboxylic acids is 3. The van der Waals surface area contributed by atoms with Crippen LogP contribution in [0.5, 0.6) is 11.5 Å². The number of halogens is 1. The van der Waals surface area contributed by atoms with E-state index in [-0.39, 0.29) is 11.5 Å². The summed E-state index contributed by atoms with van der Waals surface area (Å²) in [6.07, 6.45) is -0.248. The van der Waals surface area contributed by atoms with Crippen molar-refractivity contribution in [1.29, 1.82) is 0 Å². The first-order chi connectivity index (χ1) is 19.8. The zero-order valence-corrected chi connectivity index (χ0v) is 23.5. The fourth-order valence-electron chi connectivity index (χ4n) is 4.23. The zero-order chi connectivity index (χ0) is 28.9. The Hall–Kier alpha value is -4.73. The Morgan fingerprint density at radius 1 is 0.902 bits per heavy atom. The molecule has 0 radical (unpaired) electrons. The lowest BCUT2D eigenvalue weighted by Gasteiger charge is -2.41. The number of hydrogen-bond acceptors (Lipinski definition) is 5. The number of aryl methyl sites for hydroxylation is 1. The van der Waals surface area contributed by atoms with Crippen molar-refractivity contribution in [2.75, 3.05) is 10.2 Å². The molecule has 10 heteroatoms. The van der Waals surface area contributed by atoms with Crippen molar-refractivity contribution >= 4 is 58.0 Å². The van der Waals surface area contributed by atoms with Gasteiger partial charge in [0, 0.05) is 16.3 Å².